The summed E-state index contributed by atoms with van der Waals surface area (Å²) in [4.78, 5) is 0. The molecule has 1 aromatic rings. The first-order valence-corrected chi connectivity index (χ1v) is 9.17. The van der Waals surface area contributed by atoms with Gasteiger partial charge >= 0.3 is 0 Å². The average molecular weight is 346 g/mol. The van der Waals surface area contributed by atoms with E-state index in [0.717, 1.165) is 23.7 Å². The van der Waals surface area contributed by atoms with Crippen LogP contribution in [0, 0.1) is 0 Å². The summed E-state index contributed by atoms with van der Waals surface area (Å²) >= 11 is 3.42. The normalized spacial score (nSPS) is 23.4. The maximum absolute atomic E-state index is 11.7. The van der Waals surface area contributed by atoms with Crippen molar-refractivity contribution in [3.63, 3.8) is 0 Å². The van der Waals surface area contributed by atoms with E-state index in [0.29, 0.717) is 12.3 Å². The van der Waals surface area contributed by atoms with E-state index in [4.69, 9.17) is 0 Å². The Morgan fingerprint density at radius 1 is 1.37 bits per heavy atom. The summed E-state index contributed by atoms with van der Waals surface area (Å²) < 4.78 is 24.5. The quantitative estimate of drug-likeness (QED) is 0.891. The van der Waals surface area contributed by atoms with Crippen LogP contribution < -0.4 is 5.32 Å². The Kier molecular flexibility index (Phi) is 5.03. The zero-order valence-electron chi connectivity index (χ0n) is 11.1. The number of halogens is 1. The minimum Gasteiger partial charge on any atom is -0.313 e. The van der Waals surface area contributed by atoms with E-state index in [1.54, 1.807) is 0 Å². The Balaban J connectivity index is 1.82. The number of hydrogen-bond donors (Lipinski definition) is 1. The number of hydrogen-bond acceptors (Lipinski definition) is 3. The molecule has 1 aliphatic rings. The van der Waals surface area contributed by atoms with Gasteiger partial charge in [0.2, 0.25) is 0 Å². The maximum atomic E-state index is 11.7. The highest BCUT2D eigenvalue weighted by Gasteiger charge is 2.30. The van der Waals surface area contributed by atoms with E-state index >= 15 is 0 Å². The molecule has 1 heterocycles. The molecular formula is C14H20BrNO2S. The van der Waals surface area contributed by atoms with Crippen LogP contribution >= 0.6 is 15.9 Å². The Morgan fingerprint density at radius 2 is 2.05 bits per heavy atom. The second-order valence-corrected chi connectivity index (χ2v) is 8.59. The summed E-state index contributed by atoms with van der Waals surface area (Å²) in [6.45, 7) is 2.68. The molecule has 1 N–H and O–H groups in total. The fourth-order valence-electron chi connectivity index (χ4n) is 2.47. The van der Waals surface area contributed by atoms with Gasteiger partial charge in [0.1, 0.15) is 0 Å². The van der Waals surface area contributed by atoms with Crippen molar-refractivity contribution in [2.24, 2.45) is 0 Å². The molecule has 0 aliphatic carbocycles. The van der Waals surface area contributed by atoms with Crippen molar-refractivity contribution in [1.29, 1.82) is 0 Å². The van der Waals surface area contributed by atoms with Crippen molar-refractivity contribution in [2.45, 2.75) is 37.5 Å². The smallest absolute Gasteiger partial charge is 0.154 e. The number of nitrogens with one attached hydrogen (secondary N) is 1. The molecule has 0 spiro atoms. The van der Waals surface area contributed by atoms with Crippen LogP contribution in [0.3, 0.4) is 0 Å². The number of sulfone groups is 1. The summed E-state index contributed by atoms with van der Waals surface area (Å²) in [5, 5.41) is 3.17. The van der Waals surface area contributed by atoms with Crippen LogP contribution in [0.25, 0.3) is 0 Å². The summed E-state index contributed by atoms with van der Waals surface area (Å²) in [5.74, 6) is 0.362. The highest BCUT2D eigenvalue weighted by atomic mass is 79.9. The van der Waals surface area contributed by atoms with Crippen molar-refractivity contribution in [1.82, 2.24) is 5.32 Å². The highest BCUT2D eigenvalue weighted by Crippen LogP contribution is 2.19. The van der Waals surface area contributed by atoms with Crippen LogP contribution in [0.4, 0.5) is 0 Å². The Labute approximate surface area is 123 Å². The van der Waals surface area contributed by atoms with Crippen molar-refractivity contribution in [2.75, 3.05) is 12.3 Å². The van der Waals surface area contributed by atoms with Gasteiger partial charge in [-0.1, -0.05) is 28.1 Å². The highest BCUT2D eigenvalue weighted by molar-refractivity contribution is 9.10. The van der Waals surface area contributed by atoms with Crippen molar-refractivity contribution < 1.29 is 8.42 Å². The zero-order chi connectivity index (χ0) is 13.9. The van der Waals surface area contributed by atoms with Crippen LogP contribution in [0.5, 0.6) is 0 Å². The molecule has 0 radical (unpaired) electrons. The lowest BCUT2D eigenvalue weighted by atomic mass is 10.1. The molecule has 3 nitrogen and oxygen atoms in total. The summed E-state index contributed by atoms with van der Waals surface area (Å²) in [5.41, 5.74) is 1.26. The summed E-state index contributed by atoms with van der Waals surface area (Å²) in [6.07, 6.45) is 2.54. The molecule has 106 valence electrons. The predicted molar refractivity (Wildman–Crippen MR) is 82.1 cm³/mol. The molecule has 19 heavy (non-hydrogen) atoms. The molecule has 0 bridgehead atoms. The second-order valence-electron chi connectivity index (χ2n) is 5.27. The minimum atomic E-state index is -2.83. The van der Waals surface area contributed by atoms with Crippen molar-refractivity contribution in [3.8, 4) is 0 Å². The Morgan fingerprint density at radius 3 is 2.63 bits per heavy atom. The van der Waals surface area contributed by atoms with Gasteiger partial charge in [0.25, 0.3) is 0 Å². The Hall–Kier alpha value is -0.390. The van der Waals surface area contributed by atoms with Crippen LogP contribution in [-0.2, 0) is 16.3 Å². The van der Waals surface area contributed by atoms with Gasteiger partial charge in [-0.15, -0.1) is 0 Å². The van der Waals surface area contributed by atoms with Crippen LogP contribution in [0.15, 0.2) is 28.7 Å². The standard InChI is InChI=1S/C14H20BrNO2S/c1-11(9-12-4-6-13(15)7-5-12)16-10-14-3-2-8-19(14,17)18/h4-7,11,14,16H,2-3,8-10H2,1H3/t11-,14+/m0/s1. The third-order valence-corrected chi connectivity index (χ3v) is 6.42. The van der Waals surface area contributed by atoms with E-state index in [1.165, 1.54) is 5.56 Å². The third-order valence-electron chi connectivity index (χ3n) is 3.61. The molecule has 1 saturated heterocycles. The van der Waals surface area contributed by atoms with Crippen molar-refractivity contribution in [3.05, 3.63) is 34.3 Å². The molecule has 1 fully saturated rings. The van der Waals surface area contributed by atoms with Gasteiger partial charge in [0.15, 0.2) is 9.84 Å². The van der Waals surface area contributed by atoms with Gasteiger partial charge in [-0.05, 0) is 43.9 Å². The van der Waals surface area contributed by atoms with Crippen LogP contribution in [0.1, 0.15) is 25.3 Å². The molecule has 1 aromatic carbocycles. The molecule has 5 heteroatoms. The molecule has 0 saturated carbocycles. The molecule has 0 aromatic heterocycles. The maximum Gasteiger partial charge on any atom is 0.154 e. The summed E-state index contributed by atoms with van der Waals surface area (Å²) in [7, 11) is -2.83. The van der Waals surface area contributed by atoms with E-state index in [2.05, 4.69) is 40.3 Å². The molecular weight excluding hydrogens is 326 g/mol. The first-order valence-electron chi connectivity index (χ1n) is 6.67. The topological polar surface area (TPSA) is 46.2 Å². The monoisotopic (exact) mass is 345 g/mol. The number of benzene rings is 1. The lowest BCUT2D eigenvalue weighted by Crippen LogP contribution is -2.37. The van der Waals surface area contributed by atoms with E-state index in [-0.39, 0.29) is 11.3 Å². The minimum absolute atomic E-state index is 0.181. The predicted octanol–water partition coefficient (Wildman–Crippen LogP) is 2.55. The van der Waals surface area contributed by atoms with Gasteiger partial charge in [-0.3, -0.25) is 0 Å². The molecule has 2 atom stereocenters. The Bertz CT molecular complexity index is 513. The van der Waals surface area contributed by atoms with Gasteiger partial charge in [-0.2, -0.15) is 0 Å². The van der Waals surface area contributed by atoms with Crippen LogP contribution in [0.2, 0.25) is 0 Å². The van der Waals surface area contributed by atoms with Crippen molar-refractivity contribution >= 4 is 25.8 Å². The first-order chi connectivity index (χ1) is 8.97. The molecule has 0 amide bonds. The molecule has 1 aliphatic heterocycles. The SMILES string of the molecule is C[C@@H](Cc1ccc(Br)cc1)NC[C@H]1CCCS1(=O)=O. The number of rotatable bonds is 5. The lowest BCUT2D eigenvalue weighted by Gasteiger charge is -2.17. The van der Waals surface area contributed by atoms with Gasteiger partial charge < -0.3 is 5.32 Å². The summed E-state index contributed by atoms with van der Waals surface area (Å²) in [6, 6.07) is 8.54. The average Bonchev–Trinajstić information content (AvgIpc) is 2.69. The van der Waals surface area contributed by atoms with E-state index < -0.39 is 9.84 Å². The lowest BCUT2D eigenvalue weighted by molar-refractivity contribution is 0.521. The van der Waals surface area contributed by atoms with Gasteiger partial charge in [0.05, 0.1) is 11.0 Å². The van der Waals surface area contributed by atoms with Gasteiger partial charge in [0, 0.05) is 17.1 Å². The van der Waals surface area contributed by atoms with Crippen LogP contribution in [-0.4, -0.2) is 32.0 Å². The second kappa shape index (κ2) is 6.37. The fourth-order valence-corrected chi connectivity index (χ4v) is 4.51. The van der Waals surface area contributed by atoms with E-state index in [9.17, 15) is 8.42 Å². The fraction of sp³-hybridized carbons (Fsp3) is 0.571. The third kappa shape index (κ3) is 4.29. The van der Waals surface area contributed by atoms with Gasteiger partial charge in [-0.25, -0.2) is 8.42 Å². The first kappa shape index (κ1) is 15.0. The molecule has 2 rings (SSSR count). The van der Waals surface area contributed by atoms with E-state index in [1.807, 2.05) is 12.1 Å². The zero-order valence-corrected chi connectivity index (χ0v) is 13.5. The largest absolute Gasteiger partial charge is 0.313 e. The molecule has 0 unspecified atom stereocenters.